The first kappa shape index (κ1) is 17.3. The van der Waals surface area contributed by atoms with E-state index < -0.39 is 7.25 Å². The Morgan fingerprint density at radius 1 is 0.870 bits per heavy atom. The second-order valence-corrected chi connectivity index (χ2v) is 5.22. The van der Waals surface area contributed by atoms with Crippen LogP contribution in [0, 0.1) is 0 Å². The first-order chi connectivity index (χ1) is 10.8. The highest BCUT2D eigenvalue weighted by Gasteiger charge is 2.20. The molecule has 0 aliphatic carbocycles. The molecule has 23 heavy (non-hydrogen) atoms. The molecule has 0 amide bonds. The van der Waals surface area contributed by atoms with Crippen molar-refractivity contribution in [2.75, 3.05) is 0 Å². The molecule has 0 atom stereocenters. The Morgan fingerprint density at radius 2 is 1.39 bits per heavy atom. The van der Waals surface area contributed by atoms with Crippen LogP contribution in [0.3, 0.4) is 0 Å². The van der Waals surface area contributed by atoms with Crippen molar-refractivity contribution in [1.82, 2.24) is 0 Å². The van der Waals surface area contributed by atoms with E-state index in [1.54, 1.807) is 0 Å². The molecule has 0 aliphatic rings. The van der Waals surface area contributed by atoms with Gasteiger partial charge in [-0.05, 0) is 18.2 Å². The van der Waals surface area contributed by atoms with E-state index in [-0.39, 0.29) is 0 Å². The van der Waals surface area contributed by atoms with Crippen LogP contribution in [-0.4, -0.2) is 7.25 Å². The fourth-order valence-corrected chi connectivity index (χ4v) is 2.54. The van der Waals surface area contributed by atoms with Crippen molar-refractivity contribution in [2.24, 2.45) is 7.05 Å². The van der Waals surface area contributed by atoms with Crippen molar-refractivity contribution in [3.8, 4) is 11.3 Å². The van der Waals surface area contributed by atoms with Gasteiger partial charge in [-0.15, -0.1) is 0 Å². The molecule has 3 rings (SSSR count). The van der Waals surface area contributed by atoms with Gasteiger partial charge in [0.1, 0.15) is 7.05 Å². The van der Waals surface area contributed by atoms with Gasteiger partial charge in [0.25, 0.3) is 0 Å². The second kappa shape index (κ2) is 7.00. The number of benzene rings is 2. The minimum Gasteiger partial charge on any atom is -0.418 e. The van der Waals surface area contributed by atoms with Gasteiger partial charge < -0.3 is 17.3 Å². The number of rotatable bonds is 1. The van der Waals surface area contributed by atoms with Crippen LogP contribution in [0.25, 0.3) is 22.2 Å². The van der Waals surface area contributed by atoms with E-state index in [0.29, 0.717) is 0 Å². The molecule has 2 aromatic carbocycles. The quantitative estimate of drug-likeness (QED) is 0.322. The molecule has 0 radical (unpaired) electrons. The highest BCUT2D eigenvalue weighted by atomic mass is 35.5. The molecule has 1 nitrogen and oxygen atoms in total. The first-order valence-corrected chi connectivity index (χ1v) is 7.15. The topological polar surface area (TPSA) is 3.88 Å². The molecule has 0 saturated heterocycles. The molecule has 1 aromatic heterocycles. The van der Waals surface area contributed by atoms with Gasteiger partial charge in [0, 0.05) is 17.7 Å². The number of para-hydroxylation sites is 1. The zero-order valence-corrected chi connectivity index (χ0v) is 12.9. The molecule has 0 N–H and O–H groups in total. The monoisotopic (exact) mass is 341 g/mol. The summed E-state index contributed by atoms with van der Waals surface area (Å²) in [6.07, 6.45) is 0. The third kappa shape index (κ3) is 4.70. The van der Waals surface area contributed by atoms with E-state index in [1.807, 2.05) is 42.5 Å². The zero-order valence-electron chi connectivity index (χ0n) is 12.2. The summed E-state index contributed by atoms with van der Waals surface area (Å²) in [7, 11) is -3.93. The maximum atomic E-state index is 9.75. The number of pyridine rings is 1. The summed E-state index contributed by atoms with van der Waals surface area (Å²) in [6.45, 7) is 0. The average Bonchev–Trinajstić information content (AvgIpc) is 2.50. The van der Waals surface area contributed by atoms with Crippen LogP contribution in [0.15, 0.2) is 60.7 Å². The van der Waals surface area contributed by atoms with Crippen molar-refractivity contribution in [3.63, 3.8) is 0 Å². The van der Waals surface area contributed by atoms with Crippen molar-refractivity contribution in [1.29, 1.82) is 0 Å². The Morgan fingerprint density at radius 3 is 2.00 bits per heavy atom. The third-order valence-corrected chi connectivity index (χ3v) is 3.53. The van der Waals surface area contributed by atoms with Crippen LogP contribution in [0.4, 0.5) is 17.3 Å². The summed E-state index contributed by atoms with van der Waals surface area (Å²) in [5, 5.41) is 1.88. The van der Waals surface area contributed by atoms with Gasteiger partial charge in [-0.2, -0.15) is 4.57 Å². The number of hydrogen-bond donors (Lipinski definition) is 0. The normalized spacial score (nSPS) is 11.0. The summed E-state index contributed by atoms with van der Waals surface area (Å²) in [5.41, 5.74) is 3.44. The molecule has 0 fully saturated rings. The summed E-state index contributed by atoms with van der Waals surface area (Å²) < 4.78 is 41.2. The predicted molar refractivity (Wildman–Crippen MR) is 85.8 cm³/mol. The Hall–Kier alpha value is -2.08. The Balaban J connectivity index is 0.000000338. The van der Waals surface area contributed by atoms with E-state index in [1.165, 1.54) is 5.56 Å². The molecule has 120 valence electrons. The minimum absolute atomic E-state index is 0.794. The number of hydrogen-bond acceptors (Lipinski definition) is 0. The molecule has 0 bridgehead atoms. The molecule has 0 saturated carbocycles. The molecule has 3 aromatic rings. The number of fused-ring (bicyclic) bond motifs is 1. The van der Waals surface area contributed by atoms with Gasteiger partial charge in [0.05, 0.1) is 10.4 Å². The van der Waals surface area contributed by atoms with Crippen molar-refractivity contribution in [2.45, 2.75) is 0 Å². The SMILES string of the molecule is C[n+]1c(-c2ccccc2)cc(Cl)c2ccccc21.F[B-](F)(F)F. The lowest BCUT2D eigenvalue weighted by molar-refractivity contribution is -0.633. The molecule has 0 unspecified atom stereocenters. The smallest absolute Gasteiger partial charge is 0.418 e. The summed E-state index contributed by atoms with van der Waals surface area (Å²) in [6, 6.07) is 20.5. The molecular weight excluding hydrogens is 328 g/mol. The lowest BCUT2D eigenvalue weighted by atomic mass is 10.1. The Labute approximate surface area is 136 Å². The van der Waals surface area contributed by atoms with Crippen LogP contribution in [0.2, 0.25) is 5.02 Å². The fourth-order valence-electron chi connectivity index (χ4n) is 2.28. The van der Waals surface area contributed by atoms with E-state index >= 15 is 0 Å². The summed E-state index contributed by atoms with van der Waals surface area (Å²) in [4.78, 5) is 0. The van der Waals surface area contributed by atoms with E-state index in [0.717, 1.165) is 21.6 Å². The van der Waals surface area contributed by atoms with Gasteiger partial charge in [0.2, 0.25) is 11.2 Å². The van der Waals surface area contributed by atoms with Crippen LogP contribution < -0.4 is 4.57 Å². The number of aromatic nitrogens is 1. The lowest BCUT2D eigenvalue weighted by Crippen LogP contribution is -2.32. The van der Waals surface area contributed by atoms with Crippen molar-refractivity contribution >= 4 is 29.8 Å². The van der Waals surface area contributed by atoms with Gasteiger partial charge in [-0.25, -0.2) is 0 Å². The van der Waals surface area contributed by atoms with Crippen molar-refractivity contribution < 1.29 is 21.8 Å². The molecule has 7 heteroatoms. The van der Waals surface area contributed by atoms with Crippen LogP contribution >= 0.6 is 11.6 Å². The largest absolute Gasteiger partial charge is 0.673 e. The van der Waals surface area contributed by atoms with Gasteiger partial charge >= 0.3 is 7.25 Å². The van der Waals surface area contributed by atoms with Gasteiger partial charge in [-0.1, -0.05) is 41.9 Å². The Kier molecular flexibility index (Phi) is 5.26. The van der Waals surface area contributed by atoms with Gasteiger partial charge in [-0.3, -0.25) is 0 Å². The predicted octanol–water partition coefficient (Wildman–Crippen LogP) is 5.28. The fraction of sp³-hybridized carbons (Fsp3) is 0.0625. The Bertz CT molecular complexity index is 800. The molecule has 0 aliphatic heterocycles. The lowest BCUT2D eigenvalue weighted by Gasteiger charge is -2.05. The molecular formula is C16H13BClF4N. The van der Waals surface area contributed by atoms with Crippen LogP contribution in [0.5, 0.6) is 0 Å². The zero-order chi connectivity index (χ0) is 17.0. The number of halogens is 5. The van der Waals surface area contributed by atoms with E-state index in [9.17, 15) is 17.3 Å². The van der Waals surface area contributed by atoms with Crippen LogP contribution in [0.1, 0.15) is 0 Å². The average molecular weight is 342 g/mol. The molecule has 1 heterocycles. The highest BCUT2D eigenvalue weighted by molar-refractivity contribution is 6.50. The highest BCUT2D eigenvalue weighted by Crippen LogP contribution is 2.26. The number of aryl methyl sites for hydroxylation is 1. The molecule has 0 spiro atoms. The van der Waals surface area contributed by atoms with E-state index in [4.69, 9.17) is 11.6 Å². The number of nitrogens with zero attached hydrogens (tertiary/aromatic N) is 1. The minimum atomic E-state index is -6.00. The second-order valence-electron chi connectivity index (χ2n) is 4.81. The van der Waals surface area contributed by atoms with Crippen LogP contribution in [-0.2, 0) is 7.05 Å². The standard InChI is InChI=1S/C16H13ClN.BF4/c1-18-15-10-6-5-9-13(15)14(17)11-16(18)12-7-3-2-4-8-12;2-1(3,4)5/h2-11H,1H3;/q+1;-1. The maximum Gasteiger partial charge on any atom is 0.673 e. The van der Waals surface area contributed by atoms with Gasteiger partial charge in [0.15, 0.2) is 0 Å². The third-order valence-electron chi connectivity index (χ3n) is 3.22. The van der Waals surface area contributed by atoms with Crippen molar-refractivity contribution in [3.05, 3.63) is 65.7 Å². The maximum absolute atomic E-state index is 9.75. The summed E-state index contributed by atoms with van der Waals surface area (Å²) in [5.74, 6) is 0. The first-order valence-electron chi connectivity index (χ1n) is 6.77. The summed E-state index contributed by atoms with van der Waals surface area (Å²) >= 11 is 6.37. The van der Waals surface area contributed by atoms with E-state index in [2.05, 4.69) is 29.8 Å².